The minimum Gasteiger partial charge on any atom is -0.493 e. The second-order valence-corrected chi connectivity index (χ2v) is 10.4. The number of nitrogens with zero attached hydrogens (tertiary/aromatic N) is 1. The Kier molecular flexibility index (Phi) is 9.62. The molecule has 186 valence electrons. The Balaban J connectivity index is 0.00000544. The maximum Gasteiger partial charge on any atom is 0.529 e. The van der Waals surface area contributed by atoms with E-state index in [0.29, 0.717) is 11.1 Å². The van der Waals surface area contributed by atoms with Crippen LogP contribution in [0, 0.1) is 13.8 Å². The normalized spacial score (nSPS) is 11.4. The zero-order valence-electron chi connectivity index (χ0n) is 19.3. The van der Waals surface area contributed by atoms with E-state index >= 15 is 0 Å². The summed E-state index contributed by atoms with van der Waals surface area (Å²) in [5.41, 5.74) is 1.64. The van der Waals surface area contributed by atoms with Crippen LogP contribution in [0.5, 0.6) is 23.0 Å². The number of sulfonamides is 1. The molecule has 0 aromatic heterocycles. The molecular formula is C21H32NO9PS. The second kappa shape index (κ2) is 11.1. The molecule has 0 bridgehead atoms. The number of phosphoric ester groups is 1. The largest absolute Gasteiger partial charge is 0.529 e. The minimum absolute atomic E-state index is 0. The lowest BCUT2D eigenvalue weighted by Gasteiger charge is -2.24. The van der Waals surface area contributed by atoms with Crippen LogP contribution in [-0.2, 0) is 23.6 Å². The standard InChI is InChI=1S/C20H28NO9PS.CH4/c1-13-9-15(10-17(14(13)2)30-31(22,28-7)29-8)21(3)32(23,24)16-11-18(25-4)20(27-6)19(12-16)26-5;/h9-12H,1-8H3;1H4. The van der Waals surface area contributed by atoms with E-state index in [2.05, 4.69) is 0 Å². The average molecular weight is 506 g/mol. The van der Waals surface area contributed by atoms with Crippen LogP contribution in [0.1, 0.15) is 18.6 Å². The fraction of sp³-hybridized carbons (Fsp3) is 0.429. The van der Waals surface area contributed by atoms with Crippen molar-refractivity contribution in [2.24, 2.45) is 0 Å². The van der Waals surface area contributed by atoms with E-state index in [9.17, 15) is 13.0 Å². The number of anilines is 1. The molecule has 0 saturated heterocycles. The van der Waals surface area contributed by atoms with E-state index in [1.165, 1.54) is 60.8 Å². The van der Waals surface area contributed by atoms with Gasteiger partial charge in [0.15, 0.2) is 11.5 Å². The van der Waals surface area contributed by atoms with Crippen molar-refractivity contribution in [1.29, 1.82) is 0 Å². The van der Waals surface area contributed by atoms with Crippen LogP contribution in [0.2, 0.25) is 0 Å². The number of phosphoric acid groups is 1. The molecule has 33 heavy (non-hydrogen) atoms. The molecule has 2 rings (SSSR count). The zero-order valence-corrected chi connectivity index (χ0v) is 21.0. The predicted molar refractivity (Wildman–Crippen MR) is 127 cm³/mol. The molecule has 0 aliphatic rings. The van der Waals surface area contributed by atoms with Crippen LogP contribution in [-0.4, -0.2) is 51.0 Å². The molecular weight excluding hydrogens is 473 g/mol. The van der Waals surface area contributed by atoms with Gasteiger partial charge >= 0.3 is 7.82 Å². The summed E-state index contributed by atoms with van der Waals surface area (Å²) in [5, 5.41) is 0. The van der Waals surface area contributed by atoms with Gasteiger partial charge in [0.05, 0.1) is 31.9 Å². The van der Waals surface area contributed by atoms with E-state index in [4.69, 9.17) is 27.8 Å². The third-order valence-electron chi connectivity index (χ3n) is 4.92. The van der Waals surface area contributed by atoms with Crippen LogP contribution < -0.4 is 23.0 Å². The van der Waals surface area contributed by atoms with Crippen molar-refractivity contribution in [3.63, 3.8) is 0 Å². The number of benzene rings is 2. The van der Waals surface area contributed by atoms with Crippen molar-refractivity contribution in [3.05, 3.63) is 35.4 Å². The molecule has 0 saturated carbocycles. The van der Waals surface area contributed by atoms with Gasteiger partial charge in [-0.1, -0.05) is 7.43 Å². The lowest BCUT2D eigenvalue weighted by Crippen LogP contribution is -2.27. The lowest BCUT2D eigenvalue weighted by atomic mass is 10.1. The van der Waals surface area contributed by atoms with Crippen molar-refractivity contribution in [2.75, 3.05) is 46.9 Å². The fourth-order valence-electron chi connectivity index (χ4n) is 2.86. The van der Waals surface area contributed by atoms with Gasteiger partial charge in [-0.3, -0.25) is 13.4 Å². The van der Waals surface area contributed by atoms with Gasteiger partial charge in [-0.15, -0.1) is 0 Å². The number of methoxy groups -OCH3 is 3. The highest BCUT2D eigenvalue weighted by atomic mass is 32.2. The topological polar surface area (TPSA) is 110 Å². The maximum atomic E-state index is 13.4. The molecule has 0 aliphatic heterocycles. The van der Waals surface area contributed by atoms with Crippen LogP contribution in [0.3, 0.4) is 0 Å². The van der Waals surface area contributed by atoms with Crippen LogP contribution in [0.15, 0.2) is 29.2 Å². The molecule has 0 fully saturated rings. The highest BCUT2D eigenvalue weighted by Crippen LogP contribution is 2.49. The first kappa shape index (κ1) is 28.6. The second-order valence-electron chi connectivity index (χ2n) is 6.62. The first-order valence-electron chi connectivity index (χ1n) is 9.29. The quantitative estimate of drug-likeness (QED) is 0.429. The Morgan fingerprint density at radius 3 is 1.76 bits per heavy atom. The minimum atomic E-state index is -4.05. The number of ether oxygens (including phenoxy) is 3. The summed E-state index contributed by atoms with van der Waals surface area (Å²) in [6, 6.07) is 5.80. The molecule has 0 atom stereocenters. The summed E-state index contributed by atoms with van der Waals surface area (Å²) in [6.45, 7) is 3.52. The van der Waals surface area contributed by atoms with Gasteiger partial charge in [-0.2, -0.15) is 0 Å². The number of rotatable bonds is 10. The predicted octanol–water partition coefficient (Wildman–Crippen LogP) is 4.57. The van der Waals surface area contributed by atoms with E-state index in [1.807, 2.05) is 0 Å². The van der Waals surface area contributed by atoms with Crippen molar-refractivity contribution < 1.29 is 40.8 Å². The van der Waals surface area contributed by atoms with Crippen LogP contribution >= 0.6 is 7.82 Å². The Morgan fingerprint density at radius 1 is 0.818 bits per heavy atom. The molecule has 2 aromatic rings. The van der Waals surface area contributed by atoms with E-state index in [0.717, 1.165) is 4.31 Å². The number of hydrogen-bond acceptors (Lipinski definition) is 9. The van der Waals surface area contributed by atoms with Crippen molar-refractivity contribution in [2.45, 2.75) is 26.2 Å². The highest BCUT2D eigenvalue weighted by Gasteiger charge is 2.29. The molecule has 12 heteroatoms. The Labute approximate surface area is 196 Å². The molecule has 10 nitrogen and oxygen atoms in total. The van der Waals surface area contributed by atoms with Crippen molar-refractivity contribution in [1.82, 2.24) is 0 Å². The molecule has 0 radical (unpaired) electrons. The zero-order chi connectivity index (χ0) is 24.3. The van der Waals surface area contributed by atoms with Gasteiger partial charge in [-0.05, 0) is 31.0 Å². The molecule has 2 aromatic carbocycles. The molecule has 0 unspecified atom stereocenters. The van der Waals surface area contributed by atoms with Gasteiger partial charge < -0.3 is 18.7 Å². The summed E-state index contributed by atoms with van der Waals surface area (Å²) in [4.78, 5) is -0.0744. The highest BCUT2D eigenvalue weighted by molar-refractivity contribution is 7.92. The summed E-state index contributed by atoms with van der Waals surface area (Å²) in [5.74, 6) is 0.834. The summed E-state index contributed by atoms with van der Waals surface area (Å²) < 4.78 is 71.2. The Bertz CT molecular complexity index is 1100. The smallest absolute Gasteiger partial charge is 0.493 e. The molecule has 0 spiro atoms. The van der Waals surface area contributed by atoms with E-state index < -0.39 is 17.8 Å². The SMILES string of the molecule is C.COc1cc(S(=O)(=O)N(C)c2cc(C)c(C)c(OP(=O)(OC)OC)c2)cc(OC)c1OC. The molecule has 0 heterocycles. The number of aryl methyl sites for hydroxylation is 1. The molecule has 0 N–H and O–H groups in total. The van der Waals surface area contributed by atoms with Crippen molar-refractivity contribution in [3.8, 4) is 23.0 Å². The first-order valence-corrected chi connectivity index (χ1v) is 12.2. The summed E-state index contributed by atoms with van der Waals surface area (Å²) in [7, 11) is 0.0951. The maximum absolute atomic E-state index is 13.4. The summed E-state index contributed by atoms with van der Waals surface area (Å²) >= 11 is 0. The Hall–Kier alpha value is -2.46. The molecule has 0 amide bonds. The third-order valence-corrected chi connectivity index (χ3v) is 8.00. The lowest BCUT2D eigenvalue weighted by molar-refractivity contribution is 0.210. The Morgan fingerprint density at radius 2 is 1.33 bits per heavy atom. The van der Waals surface area contributed by atoms with Crippen LogP contribution in [0.25, 0.3) is 0 Å². The van der Waals surface area contributed by atoms with Gasteiger partial charge in [0.1, 0.15) is 5.75 Å². The van der Waals surface area contributed by atoms with Gasteiger partial charge in [-0.25, -0.2) is 13.0 Å². The fourth-order valence-corrected chi connectivity index (χ4v) is 4.80. The van der Waals surface area contributed by atoms with E-state index in [-0.39, 0.29) is 41.0 Å². The third kappa shape index (κ3) is 5.73. The number of hydrogen-bond donors (Lipinski definition) is 0. The first-order chi connectivity index (χ1) is 15.0. The van der Waals surface area contributed by atoms with Gasteiger partial charge in [0.25, 0.3) is 10.0 Å². The average Bonchev–Trinajstić information content (AvgIpc) is 2.79. The monoisotopic (exact) mass is 505 g/mol. The van der Waals surface area contributed by atoms with Gasteiger partial charge in [0.2, 0.25) is 5.75 Å². The molecule has 0 aliphatic carbocycles. The van der Waals surface area contributed by atoms with Gasteiger partial charge in [0, 0.05) is 39.5 Å². The van der Waals surface area contributed by atoms with Crippen molar-refractivity contribution >= 4 is 23.5 Å². The summed E-state index contributed by atoms with van der Waals surface area (Å²) in [6.07, 6.45) is 0. The van der Waals surface area contributed by atoms with E-state index in [1.54, 1.807) is 19.9 Å². The van der Waals surface area contributed by atoms with Crippen LogP contribution in [0.4, 0.5) is 5.69 Å².